The van der Waals surface area contributed by atoms with Crippen molar-refractivity contribution in [2.45, 2.75) is 0 Å². The predicted octanol–water partition coefficient (Wildman–Crippen LogP) is 4.40. The lowest BCUT2D eigenvalue weighted by atomic mass is 10.1. The molecular weight excluding hydrogens is 370 g/mol. The van der Waals surface area contributed by atoms with Gasteiger partial charge in [0.2, 0.25) is 0 Å². The first-order valence-corrected chi connectivity index (χ1v) is 7.46. The summed E-state index contributed by atoms with van der Waals surface area (Å²) in [5.74, 6) is 0.0998. The number of anilines is 1. The van der Waals surface area contributed by atoms with Crippen molar-refractivity contribution in [1.29, 1.82) is 0 Å². The van der Waals surface area contributed by atoms with E-state index in [0.717, 1.165) is 5.56 Å². The van der Waals surface area contributed by atoms with Crippen LogP contribution in [0.25, 0.3) is 11.3 Å². The zero-order valence-corrected chi connectivity index (χ0v) is 13.4. The first-order chi connectivity index (χ1) is 10.6. The summed E-state index contributed by atoms with van der Waals surface area (Å²) in [6, 6.07) is 14.3. The third-order valence-corrected chi connectivity index (χ3v) is 3.59. The number of hydrogen-bond donors (Lipinski definition) is 1. The van der Waals surface area contributed by atoms with Crippen LogP contribution in [0.15, 0.2) is 57.7 Å². The maximum Gasteiger partial charge on any atom is 0.277 e. The van der Waals surface area contributed by atoms with E-state index < -0.39 is 5.91 Å². The molecule has 0 radical (unpaired) electrons. The Balaban J connectivity index is 1.80. The van der Waals surface area contributed by atoms with Gasteiger partial charge in [0.15, 0.2) is 16.6 Å². The van der Waals surface area contributed by atoms with Gasteiger partial charge in [-0.05, 0) is 28.1 Å². The number of halogens is 2. The predicted molar refractivity (Wildman–Crippen MR) is 86.8 cm³/mol. The zero-order valence-electron chi connectivity index (χ0n) is 11.1. The number of amides is 1. The van der Waals surface area contributed by atoms with E-state index >= 15 is 0 Å². The van der Waals surface area contributed by atoms with Crippen LogP contribution in [0.2, 0.25) is 5.15 Å². The lowest BCUT2D eigenvalue weighted by Crippen LogP contribution is -2.12. The molecule has 0 aliphatic rings. The number of pyridine rings is 1. The standard InChI is InChI=1S/C15H9BrClN3O2/c16-13-7-6-10(14(17)19-13)18-15(21)11-8-12(22-20-11)9-4-2-1-3-5-9/h1-8H,(H,18,21). The molecule has 0 spiro atoms. The third-order valence-electron chi connectivity index (χ3n) is 2.86. The number of carbonyl (C=O) groups excluding carboxylic acids is 1. The number of hydrogen-bond acceptors (Lipinski definition) is 4. The lowest BCUT2D eigenvalue weighted by Gasteiger charge is -2.04. The van der Waals surface area contributed by atoms with E-state index in [4.69, 9.17) is 16.1 Å². The van der Waals surface area contributed by atoms with Crippen molar-refractivity contribution in [2.24, 2.45) is 0 Å². The molecule has 0 saturated heterocycles. The molecule has 3 aromatic rings. The van der Waals surface area contributed by atoms with Crippen LogP contribution in [-0.2, 0) is 0 Å². The smallest absolute Gasteiger partial charge is 0.277 e. The fourth-order valence-corrected chi connectivity index (χ4v) is 2.43. The fourth-order valence-electron chi connectivity index (χ4n) is 1.81. The van der Waals surface area contributed by atoms with Gasteiger partial charge in [0.25, 0.3) is 5.91 Å². The van der Waals surface area contributed by atoms with E-state index in [-0.39, 0.29) is 10.8 Å². The van der Waals surface area contributed by atoms with Crippen LogP contribution in [-0.4, -0.2) is 16.0 Å². The van der Waals surface area contributed by atoms with Gasteiger partial charge in [0, 0.05) is 11.6 Å². The van der Waals surface area contributed by atoms with Crippen molar-refractivity contribution in [2.75, 3.05) is 5.32 Å². The monoisotopic (exact) mass is 377 g/mol. The van der Waals surface area contributed by atoms with Gasteiger partial charge >= 0.3 is 0 Å². The Morgan fingerprint density at radius 2 is 1.95 bits per heavy atom. The van der Waals surface area contributed by atoms with Crippen molar-refractivity contribution in [3.8, 4) is 11.3 Å². The second-order valence-corrected chi connectivity index (χ2v) is 5.54. The average molecular weight is 379 g/mol. The molecule has 7 heteroatoms. The van der Waals surface area contributed by atoms with E-state index in [1.54, 1.807) is 18.2 Å². The topological polar surface area (TPSA) is 68.0 Å². The maximum absolute atomic E-state index is 12.2. The minimum atomic E-state index is -0.419. The van der Waals surface area contributed by atoms with Crippen molar-refractivity contribution in [1.82, 2.24) is 10.1 Å². The molecule has 0 aliphatic heterocycles. The molecule has 2 aromatic heterocycles. The summed E-state index contributed by atoms with van der Waals surface area (Å²) in [7, 11) is 0. The van der Waals surface area contributed by atoms with Gasteiger partial charge in [0.1, 0.15) is 4.60 Å². The summed E-state index contributed by atoms with van der Waals surface area (Å²) in [5, 5.41) is 6.61. The molecule has 5 nitrogen and oxygen atoms in total. The van der Waals surface area contributed by atoms with E-state index in [2.05, 4.69) is 31.4 Å². The quantitative estimate of drug-likeness (QED) is 0.686. The molecule has 0 fully saturated rings. The first-order valence-electron chi connectivity index (χ1n) is 6.29. The van der Waals surface area contributed by atoms with Crippen LogP contribution in [0.5, 0.6) is 0 Å². The number of rotatable bonds is 3. The van der Waals surface area contributed by atoms with E-state index in [1.807, 2.05) is 30.3 Å². The van der Waals surface area contributed by atoms with Crippen LogP contribution in [0.4, 0.5) is 5.69 Å². The summed E-state index contributed by atoms with van der Waals surface area (Å²) in [5.41, 5.74) is 1.41. The molecular formula is C15H9BrClN3O2. The number of aromatic nitrogens is 2. The minimum absolute atomic E-state index is 0.165. The van der Waals surface area contributed by atoms with Crippen LogP contribution < -0.4 is 5.32 Å². The third kappa shape index (κ3) is 3.18. The van der Waals surface area contributed by atoms with Gasteiger partial charge in [-0.15, -0.1) is 0 Å². The molecule has 1 aromatic carbocycles. The van der Waals surface area contributed by atoms with Crippen molar-refractivity contribution < 1.29 is 9.32 Å². The second kappa shape index (κ2) is 6.29. The fraction of sp³-hybridized carbons (Fsp3) is 0. The highest BCUT2D eigenvalue weighted by molar-refractivity contribution is 9.10. The Bertz CT molecular complexity index is 821. The summed E-state index contributed by atoms with van der Waals surface area (Å²) in [6.45, 7) is 0. The van der Waals surface area contributed by atoms with Gasteiger partial charge < -0.3 is 9.84 Å². The van der Waals surface area contributed by atoms with Crippen LogP contribution in [0.3, 0.4) is 0 Å². The molecule has 22 heavy (non-hydrogen) atoms. The molecule has 1 amide bonds. The SMILES string of the molecule is O=C(Nc1ccc(Br)nc1Cl)c1cc(-c2ccccc2)on1. The Kier molecular flexibility index (Phi) is 4.22. The number of carbonyl (C=O) groups is 1. The van der Waals surface area contributed by atoms with E-state index in [0.29, 0.717) is 16.1 Å². The zero-order chi connectivity index (χ0) is 15.5. The molecule has 2 heterocycles. The number of nitrogens with zero attached hydrogens (tertiary/aromatic N) is 2. The van der Waals surface area contributed by atoms with Crippen LogP contribution in [0.1, 0.15) is 10.5 Å². The summed E-state index contributed by atoms with van der Waals surface area (Å²) >= 11 is 9.16. The largest absolute Gasteiger partial charge is 0.355 e. The number of benzene rings is 1. The Morgan fingerprint density at radius 1 is 1.18 bits per heavy atom. The normalized spacial score (nSPS) is 10.5. The molecule has 0 aliphatic carbocycles. The van der Waals surface area contributed by atoms with E-state index in [1.165, 1.54) is 0 Å². The Morgan fingerprint density at radius 3 is 2.68 bits per heavy atom. The molecule has 3 rings (SSSR count). The van der Waals surface area contributed by atoms with Crippen LogP contribution in [0, 0.1) is 0 Å². The van der Waals surface area contributed by atoms with Gasteiger partial charge in [0.05, 0.1) is 5.69 Å². The molecule has 110 valence electrons. The molecule has 1 N–H and O–H groups in total. The summed E-state index contributed by atoms with van der Waals surface area (Å²) in [6.07, 6.45) is 0. The van der Waals surface area contributed by atoms with Gasteiger partial charge in [-0.1, -0.05) is 47.1 Å². The van der Waals surface area contributed by atoms with Gasteiger partial charge in [-0.25, -0.2) is 4.98 Å². The highest BCUT2D eigenvalue weighted by atomic mass is 79.9. The minimum Gasteiger partial charge on any atom is -0.355 e. The molecule has 0 atom stereocenters. The lowest BCUT2D eigenvalue weighted by molar-refractivity contribution is 0.101. The number of nitrogens with one attached hydrogen (secondary N) is 1. The average Bonchev–Trinajstić information content (AvgIpc) is 3.01. The summed E-state index contributed by atoms with van der Waals surface area (Å²) in [4.78, 5) is 16.2. The molecule has 0 saturated carbocycles. The summed E-state index contributed by atoms with van der Waals surface area (Å²) < 4.78 is 5.78. The Hall–Kier alpha value is -2.18. The second-order valence-electron chi connectivity index (χ2n) is 4.37. The van der Waals surface area contributed by atoms with Crippen LogP contribution >= 0.6 is 27.5 Å². The van der Waals surface area contributed by atoms with Gasteiger partial charge in [-0.2, -0.15) is 0 Å². The molecule has 0 unspecified atom stereocenters. The van der Waals surface area contributed by atoms with Crippen molar-refractivity contribution in [3.05, 3.63) is 64.0 Å². The van der Waals surface area contributed by atoms with E-state index in [9.17, 15) is 4.79 Å². The highest BCUT2D eigenvalue weighted by Gasteiger charge is 2.15. The highest BCUT2D eigenvalue weighted by Crippen LogP contribution is 2.24. The first kappa shape index (κ1) is 14.7. The Labute approximate surface area is 139 Å². The molecule has 0 bridgehead atoms. The van der Waals surface area contributed by atoms with Crippen molar-refractivity contribution >= 4 is 39.1 Å². The van der Waals surface area contributed by atoms with Crippen molar-refractivity contribution in [3.63, 3.8) is 0 Å². The maximum atomic E-state index is 12.2. The van der Waals surface area contributed by atoms with Gasteiger partial charge in [-0.3, -0.25) is 4.79 Å².